The van der Waals surface area contributed by atoms with Crippen LogP contribution in [-0.4, -0.2) is 15.8 Å². The summed E-state index contributed by atoms with van der Waals surface area (Å²) < 4.78 is 144. The van der Waals surface area contributed by atoms with Gasteiger partial charge in [-0.05, 0) is 192 Å². The summed E-state index contributed by atoms with van der Waals surface area (Å²) in [5.41, 5.74) is 17.8. The van der Waals surface area contributed by atoms with E-state index in [0.717, 1.165) is 111 Å². The minimum absolute atomic E-state index is 0.0711. The number of rotatable bonds is 4. The Morgan fingerprint density at radius 2 is 0.846 bits per heavy atom. The zero-order chi connectivity index (χ0) is 81.4. The molecule has 3 aliphatic heterocycles. The van der Waals surface area contributed by atoms with Crippen LogP contribution in [0.5, 0.6) is 0 Å². The van der Waals surface area contributed by atoms with E-state index in [9.17, 15) is 21.7 Å². The van der Waals surface area contributed by atoms with Crippen molar-refractivity contribution in [3.63, 3.8) is 0 Å². The predicted molar refractivity (Wildman–Crippen MR) is 432 cm³/mol. The summed E-state index contributed by atoms with van der Waals surface area (Å²) in [6.45, 7) is 14.0. The lowest BCUT2D eigenvalue weighted by Crippen LogP contribution is -2.61. The van der Waals surface area contributed by atoms with Crippen LogP contribution in [0.15, 0.2) is 320 Å². The van der Waals surface area contributed by atoms with Crippen LogP contribution in [0.3, 0.4) is 0 Å². The van der Waals surface area contributed by atoms with Crippen molar-refractivity contribution in [1.29, 1.82) is 5.26 Å². The number of hydrogen-bond donors (Lipinski definition) is 0. The summed E-state index contributed by atoms with van der Waals surface area (Å²) in [5.74, 6) is 0. The molecule has 0 saturated heterocycles. The topological polar surface area (TPSA) is 57.6 Å². The van der Waals surface area contributed by atoms with Gasteiger partial charge in [0, 0.05) is 86.1 Å². The Kier molecular flexibility index (Phi) is 10.1. The Hall–Kier alpha value is -13.7. The molecule has 18 aromatic rings. The van der Waals surface area contributed by atoms with E-state index in [1.165, 1.54) is 0 Å². The first-order valence-corrected chi connectivity index (χ1v) is 34.4. The smallest absolute Gasteiger partial charge is 0.252 e. The molecule has 0 aliphatic carbocycles. The lowest BCUT2D eigenvalue weighted by atomic mass is 9.33. The first-order valence-electron chi connectivity index (χ1n) is 41.4. The summed E-state index contributed by atoms with van der Waals surface area (Å²) in [6.07, 6.45) is 0. The summed E-state index contributed by atoms with van der Waals surface area (Å²) in [4.78, 5) is 8.20. The number of nitrogens with zero attached hydrogens (tertiary/aromatic N) is 6. The first-order chi connectivity index (χ1) is 56.9. The molecule has 0 N–H and O–H groups in total. The second-order valence-corrected chi connectivity index (χ2v) is 27.9. The highest BCUT2D eigenvalue weighted by Gasteiger charge is 2.46. The van der Waals surface area contributed by atoms with E-state index in [1.807, 2.05) is 91.0 Å². The van der Waals surface area contributed by atoms with Gasteiger partial charge in [-0.15, -0.1) is 0 Å². The second-order valence-electron chi connectivity index (χ2n) is 27.9. The molecule has 0 radical (unpaired) electrons. The molecule has 7 nitrogen and oxygen atoms in total. The molecular weight excluding hydrogens is 1260 g/mol. The molecule has 13 bridgehead atoms. The molecule has 104 heavy (non-hydrogen) atoms. The Morgan fingerprint density at radius 1 is 0.404 bits per heavy atom. The number of fused-ring (bicyclic) bond motifs is 26. The molecule has 8 heteroatoms. The predicted octanol–water partition coefficient (Wildman–Crippen LogP) is 23.9. The fourth-order valence-electron chi connectivity index (χ4n) is 16.4. The molecule has 15 aromatic carbocycles. The fourth-order valence-corrected chi connectivity index (χ4v) is 16.4. The quantitative estimate of drug-likeness (QED) is 0.130. The zero-order valence-corrected chi connectivity index (χ0v) is 56.1. The summed E-state index contributed by atoms with van der Waals surface area (Å²) in [6, 6.07) is 73.4. The standard InChI is InChI=1S/C96H61BN6O/c1-96(2,3)67-52-89-93-90(53-67)103-88-56-70(101-84-34-14-12-28-76(84)78-54-68(99-4)38-44-86(78)101)40-42-82(88)97(93)81-41-39-69(100-83-33-13-11-27-75(83)77-47-58(57-98)35-43-85(77)100)55-87(81)102(89)94-71(59-19-7-5-8-20-59)29-17-31-73(94)65-25-15-23-61(48-65)63-36-45-91-79(50-63)80-51-64(37-46-92(80)104-91)62-24-16-26-66(49-62)74-32-18-30-72(95(74)103)60-21-9-6-10-22-60/h5-56H,1-3H3/i11D,12D,13D,14D,27D,28D,33D,34D,35D,38D,43D,44D,47D,54D. The SMILES string of the molecule is [2H]c1c([2H])c([2H])c2c(c1[2H])c1c([2H])c(C#N)c([2H])c([2H])c1n2-c1ccc2c(c1)N1c3cc(C(C)(C)C)cc4c3B2c2ccc(-n3c5c([2H])c([2H])c([2H])c([2H])c5c5c([2H])c([N+]#[C-])c([2H])c([2H])c53)cc2N4c2c(-c3ccccc3)cccc2-c2cccc(c2)-c2ccc3oc4ccc(cc4c3c2)-c2cccc(c2)-c2cccc(-c3ccccc3)c21. The normalized spacial score (nSPS) is 14.6. The fraction of sp³-hybridized carbons (Fsp3) is 0.0417. The molecule has 21 rings (SSSR count). The zero-order valence-electron chi connectivity index (χ0n) is 70.1. The van der Waals surface area contributed by atoms with Gasteiger partial charge in [-0.2, -0.15) is 5.26 Å². The van der Waals surface area contributed by atoms with Gasteiger partial charge in [0.2, 0.25) is 0 Å². The van der Waals surface area contributed by atoms with Gasteiger partial charge in [-0.25, -0.2) is 4.85 Å². The monoisotopic (exact) mass is 1340 g/mol. The van der Waals surface area contributed by atoms with Crippen molar-refractivity contribution in [1.82, 2.24) is 9.13 Å². The van der Waals surface area contributed by atoms with Gasteiger partial charge in [0.15, 0.2) is 5.69 Å². The van der Waals surface area contributed by atoms with Crippen molar-refractivity contribution in [2.75, 3.05) is 9.80 Å². The van der Waals surface area contributed by atoms with E-state index in [1.54, 1.807) is 9.13 Å². The van der Waals surface area contributed by atoms with Gasteiger partial charge >= 0.3 is 0 Å². The molecule has 0 spiro atoms. The number of hydrogen-bond acceptors (Lipinski definition) is 4. The second kappa shape index (κ2) is 22.4. The maximum absolute atomic E-state index is 10.7. The van der Waals surface area contributed by atoms with Crippen LogP contribution in [0.25, 0.3) is 149 Å². The molecule has 0 atom stereocenters. The number of nitriles is 1. The molecule has 0 unspecified atom stereocenters. The van der Waals surface area contributed by atoms with Crippen molar-refractivity contribution in [3.05, 3.63) is 338 Å². The molecule has 3 aromatic heterocycles. The van der Waals surface area contributed by atoms with Crippen LogP contribution < -0.4 is 26.2 Å². The highest BCUT2D eigenvalue weighted by molar-refractivity contribution is 7.00. The maximum atomic E-state index is 10.7. The van der Waals surface area contributed by atoms with E-state index in [-0.39, 0.29) is 49.3 Å². The molecule has 6 heterocycles. The molecule has 0 saturated carbocycles. The average Bonchev–Trinajstić information content (AvgIpc) is 1.06. The van der Waals surface area contributed by atoms with E-state index >= 15 is 0 Å². The van der Waals surface area contributed by atoms with Crippen molar-refractivity contribution >= 4 is 128 Å². The Labute approximate surface area is 621 Å². The van der Waals surface area contributed by atoms with Gasteiger partial charge in [-0.1, -0.05) is 221 Å². The number of anilines is 6. The Morgan fingerprint density at radius 3 is 1.35 bits per heavy atom. The molecule has 3 aliphatic rings. The molecule has 0 fully saturated rings. The highest BCUT2D eigenvalue weighted by Crippen LogP contribution is 2.55. The van der Waals surface area contributed by atoms with E-state index < -0.39 is 108 Å². The van der Waals surface area contributed by atoms with Gasteiger partial charge in [0.1, 0.15) is 11.2 Å². The van der Waals surface area contributed by atoms with Gasteiger partial charge in [-0.3, -0.25) is 0 Å². The minimum Gasteiger partial charge on any atom is -0.456 e. The average molecular weight is 1340 g/mol. The lowest BCUT2D eigenvalue weighted by Gasteiger charge is -2.46. The first kappa shape index (κ1) is 46.6. The number of aromatic nitrogens is 2. The summed E-state index contributed by atoms with van der Waals surface area (Å²) in [5, 5.41) is 12.1. The lowest BCUT2D eigenvalue weighted by molar-refractivity contribution is 0.590. The van der Waals surface area contributed by atoms with Gasteiger partial charge in [0.05, 0.1) is 68.1 Å². The summed E-state index contributed by atoms with van der Waals surface area (Å²) in [7, 11) is 0. The molecular formula is C96H61BN6O. The number of furan rings is 1. The summed E-state index contributed by atoms with van der Waals surface area (Å²) >= 11 is 0. The molecule has 484 valence electrons. The maximum Gasteiger partial charge on any atom is 0.252 e. The van der Waals surface area contributed by atoms with Crippen LogP contribution in [0, 0.1) is 17.9 Å². The van der Waals surface area contributed by atoms with Crippen molar-refractivity contribution in [3.8, 4) is 84.2 Å². The Bertz CT molecular complexity index is 7290. The third-order valence-electron chi connectivity index (χ3n) is 21.1. The van der Waals surface area contributed by atoms with Crippen LogP contribution in [-0.2, 0) is 5.41 Å². The van der Waals surface area contributed by atoms with E-state index in [2.05, 4.69) is 181 Å². The van der Waals surface area contributed by atoms with Crippen LogP contribution >= 0.6 is 0 Å². The Balaban J connectivity index is 0.982. The van der Waals surface area contributed by atoms with Gasteiger partial charge in [0.25, 0.3) is 6.71 Å². The van der Waals surface area contributed by atoms with E-state index in [4.69, 9.17) is 13.7 Å². The van der Waals surface area contributed by atoms with Crippen molar-refractivity contribution in [2.24, 2.45) is 0 Å². The van der Waals surface area contributed by atoms with Crippen LogP contribution in [0.2, 0.25) is 0 Å². The molecule has 0 amide bonds. The van der Waals surface area contributed by atoms with Crippen molar-refractivity contribution < 1.29 is 23.6 Å². The largest absolute Gasteiger partial charge is 0.456 e. The number of para-hydroxylation sites is 4. The van der Waals surface area contributed by atoms with Gasteiger partial charge < -0.3 is 23.4 Å². The van der Waals surface area contributed by atoms with Crippen molar-refractivity contribution in [2.45, 2.75) is 26.2 Å². The minimum atomic E-state index is -0.785. The van der Waals surface area contributed by atoms with Crippen LogP contribution in [0.1, 0.15) is 51.1 Å². The third kappa shape index (κ3) is 8.83. The van der Waals surface area contributed by atoms with E-state index in [0.29, 0.717) is 39.2 Å². The van der Waals surface area contributed by atoms with Crippen LogP contribution in [0.4, 0.5) is 39.8 Å². The highest BCUT2D eigenvalue weighted by atomic mass is 16.3. The number of benzene rings is 15. The third-order valence-corrected chi connectivity index (χ3v) is 21.1.